The van der Waals surface area contributed by atoms with Crippen LogP contribution in [0.2, 0.25) is 0 Å². The standard InChI is InChI=1S/C5H2N4O2/c10-4-3-2(8-9-4)1-6-5(11)7-3/h1H,(H,6,7,11). The van der Waals surface area contributed by atoms with Crippen molar-refractivity contribution < 1.29 is 4.79 Å². The van der Waals surface area contributed by atoms with Crippen molar-refractivity contribution in [1.82, 2.24) is 9.97 Å². The predicted octanol–water partition coefficient (Wildman–Crippen LogP) is 0.00740. The van der Waals surface area contributed by atoms with E-state index < -0.39 is 11.6 Å². The molecule has 0 atom stereocenters. The number of fused-ring (bicyclic) bond motifs is 1. The number of nitrogens with one attached hydrogen (secondary N) is 1. The van der Waals surface area contributed by atoms with Crippen LogP contribution in [-0.2, 0) is 0 Å². The molecule has 0 saturated carbocycles. The lowest BCUT2D eigenvalue weighted by Gasteiger charge is -1.88. The van der Waals surface area contributed by atoms with Crippen LogP contribution in [0.1, 0.15) is 10.5 Å². The molecule has 0 saturated heterocycles. The Hall–Kier alpha value is -1.85. The molecule has 0 aliphatic carbocycles. The number of hydrogen-bond donors (Lipinski definition) is 1. The molecule has 6 nitrogen and oxygen atoms in total. The number of nitrogens with zero attached hydrogens (tertiary/aromatic N) is 3. The van der Waals surface area contributed by atoms with Gasteiger partial charge in [0.25, 0.3) is 0 Å². The summed E-state index contributed by atoms with van der Waals surface area (Å²) in [4.78, 5) is 26.9. The smallest absolute Gasteiger partial charge is 0.299 e. The number of hydrogen-bond acceptors (Lipinski definition) is 4. The van der Waals surface area contributed by atoms with Crippen LogP contribution in [-0.4, -0.2) is 15.9 Å². The topological polar surface area (TPSA) is 87.5 Å². The molecule has 0 bridgehead atoms. The van der Waals surface area contributed by atoms with Crippen LogP contribution in [0.5, 0.6) is 0 Å². The molecule has 2 heterocycles. The highest BCUT2D eigenvalue weighted by molar-refractivity contribution is 5.99. The van der Waals surface area contributed by atoms with Gasteiger partial charge in [-0.1, -0.05) is 0 Å². The Bertz CT molecular complexity index is 405. The van der Waals surface area contributed by atoms with Crippen LogP contribution in [0, 0.1) is 0 Å². The molecule has 1 aliphatic heterocycles. The third kappa shape index (κ3) is 0.759. The minimum absolute atomic E-state index is 0.116. The molecule has 0 spiro atoms. The number of rotatable bonds is 0. The van der Waals surface area contributed by atoms with Gasteiger partial charge >= 0.3 is 11.6 Å². The van der Waals surface area contributed by atoms with Crippen LogP contribution >= 0.6 is 0 Å². The van der Waals surface area contributed by atoms with Crippen molar-refractivity contribution in [2.24, 2.45) is 10.2 Å². The zero-order chi connectivity index (χ0) is 7.84. The molecule has 0 aromatic carbocycles. The SMILES string of the molecule is O=C1N=Nc2cnc(=O)[nH]c21. The van der Waals surface area contributed by atoms with Gasteiger partial charge in [-0.25, -0.2) is 4.79 Å². The number of aromatic amines is 1. The van der Waals surface area contributed by atoms with Crippen LogP contribution in [0.25, 0.3) is 0 Å². The molecule has 1 amide bonds. The van der Waals surface area contributed by atoms with Crippen molar-refractivity contribution >= 4 is 11.6 Å². The third-order valence-corrected chi connectivity index (χ3v) is 1.25. The summed E-state index contributed by atoms with van der Waals surface area (Å²) in [5.74, 6) is -0.528. The molecule has 54 valence electrons. The van der Waals surface area contributed by atoms with E-state index in [1.165, 1.54) is 6.20 Å². The van der Waals surface area contributed by atoms with Crippen molar-refractivity contribution in [3.05, 3.63) is 22.4 Å². The number of H-pyrrole nitrogens is 1. The summed E-state index contributed by atoms with van der Waals surface area (Å²) in [5.41, 5.74) is -0.135. The Morgan fingerprint density at radius 1 is 1.27 bits per heavy atom. The van der Waals surface area contributed by atoms with Gasteiger partial charge in [0, 0.05) is 0 Å². The van der Waals surface area contributed by atoms with Gasteiger partial charge in [0.15, 0.2) is 0 Å². The first kappa shape index (κ1) is 5.90. The van der Waals surface area contributed by atoms with Crippen LogP contribution in [0.15, 0.2) is 21.2 Å². The molecular weight excluding hydrogens is 148 g/mol. The molecular formula is C5H2N4O2. The first-order valence-corrected chi connectivity index (χ1v) is 2.83. The fraction of sp³-hybridized carbons (Fsp3) is 0. The minimum Gasteiger partial charge on any atom is -0.299 e. The Balaban J connectivity index is 2.76. The molecule has 1 aromatic rings. The van der Waals surface area contributed by atoms with E-state index in [-0.39, 0.29) is 5.69 Å². The van der Waals surface area contributed by atoms with Gasteiger partial charge in [-0.3, -0.25) is 9.78 Å². The van der Waals surface area contributed by atoms with Gasteiger partial charge in [-0.2, -0.15) is 4.98 Å². The summed E-state index contributed by atoms with van der Waals surface area (Å²) < 4.78 is 0. The average molecular weight is 150 g/mol. The zero-order valence-electron chi connectivity index (χ0n) is 5.24. The minimum atomic E-state index is -0.565. The van der Waals surface area contributed by atoms with Crippen LogP contribution in [0.3, 0.4) is 0 Å². The first-order valence-electron chi connectivity index (χ1n) is 2.83. The molecule has 1 N–H and O–H groups in total. The highest BCUT2D eigenvalue weighted by Crippen LogP contribution is 2.21. The second-order valence-electron chi connectivity index (χ2n) is 1.95. The fourth-order valence-corrected chi connectivity index (χ4v) is 0.776. The molecule has 0 radical (unpaired) electrons. The van der Waals surface area contributed by atoms with E-state index in [9.17, 15) is 9.59 Å². The fourth-order valence-electron chi connectivity index (χ4n) is 0.776. The zero-order valence-corrected chi connectivity index (χ0v) is 5.24. The van der Waals surface area contributed by atoms with Crippen molar-refractivity contribution in [3.8, 4) is 0 Å². The van der Waals surface area contributed by atoms with E-state index in [2.05, 4.69) is 20.2 Å². The van der Waals surface area contributed by atoms with E-state index >= 15 is 0 Å². The summed E-state index contributed by atoms with van der Waals surface area (Å²) in [6.45, 7) is 0. The lowest BCUT2D eigenvalue weighted by Crippen LogP contribution is -2.12. The van der Waals surface area contributed by atoms with Gasteiger partial charge in [-0.05, 0) is 0 Å². The maximum absolute atomic E-state index is 10.8. The van der Waals surface area contributed by atoms with Crippen molar-refractivity contribution in [1.29, 1.82) is 0 Å². The average Bonchev–Trinajstić information content (AvgIpc) is 2.33. The Kier molecular flexibility index (Phi) is 0.974. The third-order valence-electron chi connectivity index (χ3n) is 1.25. The summed E-state index contributed by atoms with van der Waals surface area (Å²) in [5, 5.41) is 6.69. The lowest BCUT2D eigenvalue weighted by atomic mass is 10.3. The molecule has 1 aromatic heterocycles. The number of azo groups is 1. The predicted molar refractivity (Wildman–Crippen MR) is 33.7 cm³/mol. The van der Waals surface area contributed by atoms with Gasteiger partial charge in [0.2, 0.25) is 0 Å². The summed E-state index contributed by atoms with van der Waals surface area (Å²) >= 11 is 0. The number of carbonyl (C=O) groups excluding carboxylic acids is 1. The largest absolute Gasteiger partial charge is 0.345 e. The number of carbonyl (C=O) groups is 1. The highest BCUT2D eigenvalue weighted by atomic mass is 16.2. The lowest BCUT2D eigenvalue weighted by molar-refractivity contribution is 0.0998. The van der Waals surface area contributed by atoms with Gasteiger partial charge < -0.3 is 0 Å². The summed E-state index contributed by atoms with van der Waals surface area (Å²) in [6, 6.07) is 0. The summed E-state index contributed by atoms with van der Waals surface area (Å²) in [6.07, 6.45) is 1.21. The molecule has 11 heavy (non-hydrogen) atoms. The molecule has 2 rings (SSSR count). The van der Waals surface area contributed by atoms with E-state index in [1.54, 1.807) is 0 Å². The Morgan fingerprint density at radius 2 is 2.09 bits per heavy atom. The van der Waals surface area contributed by atoms with Crippen LogP contribution in [0.4, 0.5) is 5.69 Å². The molecule has 0 unspecified atom stereocenters. The van der Waals surface area contributed by atoms with Crippen molar-refractivity contribution in [2.45, 2.75) is 0 Å². The Labute approximate surface area is 60.0 Å². The maximum Gasteiger partial charge on any atom is 0.345 e. The van der Waals surface area contributed by atoms with Gasteiger partial charge in [0.05, 0.1) is 6.20 Å². The molecule has 1 aliphatic rings. The van der Waals surface area contributed by atoms with Gasteiger partial charge in [0.1, 0.15) is 11.4 Å². The highest BCUT2D eigenvalue weighted by Gasteiger charge is 2.17. The van der Waals surface area contributed by atoms with E-state index in [4.69, 9.17) is 0 Å². The quantitative estimate of drug-likeness (QED) is 0.564. The molecule has 0 fully saturated rings. The van der Waals surface area contributed by atoms with Crippen molar-refractivity contribution in [2.75, 3.05) is 0 Å². The normalized spacial score (nSPS) is 13.6. The maximum atomic E-state index is 10.8. The molecule has 6 heteroatoms. The van der Waals surface area contributed by atoms with Crippen molar-refractivity contribution in [3.63, 3.8) is 0 Å². The number of amides is 1. The van der Waals surface area contributed by atoms with Gasteiger partial charge in [-0.15, -0.1) is 10.2 Å². The van der Waals surface area contributed by atoms with E-state index in [0.717, 1.165) is 0 Å². The monoisotopic (exact) mass is 150 g/mol. The first-order chi connectivity index (χ1) is 5.27. The Morgan fingerprint density at radius 3 is 2.91 bits per heavy atom. The number of aromatic nitrogens is 2. The van der Waals surface area contributed by atoms with E-state index in [0.29, 0.717) is 5.69 Å². The van der Waals surface area contributed by atoms with E-state index in [1.807, 2.05) is 0 Å². The van der Waals surface area contributed by atoms with Crippen LogP contribution < -0.4 is 5.69 Å². The second-order valence-corrected chi connectivity index (χ2v) is 1.95. The second kappa shape index (κ2) is 1.82. The summed E-state index contributed by atoms with van der Waals surface area (Å²) in [7, 11) is 0.